The molecule has 5 nitrogen and oxygen atoms in total. The van der Waals surface area contributed by atoms with Crippen LogP contribution in [0.3, 0.4) is 0 Å². The van der Waals surface area contributed by atoms with Gasteiger partial charge in [0.2, 0.25) is 10.0 Å². The van der Waals surface area contributed by atoms with Gasteiger partial charge in [-0.2, -0.15) is 0 Å². The summed E-state index contributed by atoms with van der Waals surface area (Å²) < 4.78 is 26.2. The van der Waals surface area contributed by atoms with E-state index < -0.39 is 10.0 Å². The number of sulfonamides is 1. The molecule has 0 aliphatic rings. The zero-order chi connectivity index (χ0) is 17.3. The Labute approximate surface area is 148 Å². The molecule has 1 heterocycles. The van der Waals surface area contributed by atoms with E-state index in [1.807, 2.05) is 24.3 Å². The number of hydrogen-bond donors (Lipinski definition) is 2. The first-order chi connectivity index (χ1) is 11.3. The molecule has 0 saturated carbocycles. The molecule has 0 aliphatic carbocycles. The molecule has 2 N–H and O–H groups in total. The van der Waals surface area contributed by atoms with Gasteiger partial charge in [0.15, 0.2) is 0 Å². The maximum Gasteiger partial charge on any atom is 0.267 e. The van der Waals surface area contributed by atoms with Crippen molar-refractivity contribution in [3.63, 3.8) is 0 Å². The lowest BCUT2D eigenvalue weighted by atomic mass is 10.2. The fraction of sp³-hybridized carbons (Fsp3) is 0.0625. The Balaban J connectivity index is 1.94. The normalized spacial score (nSPS) is 11.4. The number of carbonyl (C=O) groups is 1. The molecule has 0 spiro atoms. The Bertz CT molecular complexity index is 1030. The van der Waals surface area contributed by atoms with Gasteiger partial charge in [-0.25, -0.2) is 8.42 Å². The van der Waals surface area contributed by atoms with Crippen molar-refractivity contribution in [3.8, 4) is 0 Å². The highest BCUT2D eigenvalue weighted by atomic mass is 35.5. The zero-order valence-electron chi connectivity index (χ0n) is 12.5. The van der Waals surface area contributed by atoms with Gasteiger partial charge in [0.25, 0.3) is 5.91 Å². The molecule has 3 rings (SSSR count). The van der Waals surface area contributed by atoms with Crippen LogP contribution in [0.25, 0.3) is 10.1 Å². The average molecular weight is 381 g/mol. The fourth-order valence-electron chi connectivity index (χ4n) is 2.22. The monoisotopic (exact) mass is 380 g/mol. The molecule has 2 aromatic carbocycles. The molecule has 0 saturated heterocycles. The number of rotatable bonds is 4. The lowest BCUT2D eigenvalue weighted by Gasteiger charge is -2.11. The predicted molar refractivity (Wildman–Crippen MR) is 99.7 cm³/mol. The van der Waals surface area contributed by atoms with Crippen molar-refractivity contribution in [2.75, 3.05) is 16.3 Å². The zero-order valence-corrected chi connectivity index (χ0v) is 14.9. The molecule has 1 amide bonds. The van der Waals surface area contributed by atoms with Crippen molar-refractivity contribution in [2.45, 2.75) is 0 Å². The van der Waals surface area contributed by atoms with Crippen LogP contribution in [0.15, 0.2) is 48.5 Å². The van der Waals surface area contributed by atoms with Gasteiger partial charge in [0.05, 0.1) is 22.7 Å². The number of halogens is 1. The number of carbonyl (C=O) groups excluding carboxylic acids is 1. The van der Waals surface area contributed by atoms with Crippen molar-refractivity contribution in [2.24, 2.45) is 0 Å². The molecule has 0 radical (unpaired) electrons. The number of para-hydroxylation sites is 2. The highest BCUT2D eigenvalue weighted by Gasteiger charge is 2.18. The van der Waals surface area contributed by atoms with Gasteiger partial charge in [-0.1, -0.05) is 41.9 Å². The first-order valence-corrected chi connectivity index (χ1v) is 9.99. The van der Waals surface area contributed by atoms with E-state index in [1.165, 1.54) is 11.3 Å². The minimum Gasteiger partial charge on any atom is -0.319 e. The van der Waals surface area contributed by atoms with E-state index in [0.717, 1.165) is 16.3 Å². The second kappa shape index (κ2) is 6.43. The van der Waals surface area contributed by atoms with Crippen molar-refractivity contribution < 1.29 is 13.2 Å². The standard InChI is InChI=1S/C16H13ClN2O3S2/c1-24(21,22)19-12-8-4-3-7-11(12)18-16(20)15-14(17)10-6-2-5-9-13(10)23-15/h2-9,19H,1H3,(H,18,20). The lowest BCUT2D eigenvalue weighted by Crippen LogP contribution is -2.15. The maximum atomic E-state index is 12.6. The maximum absolute atomic E-state index is 12.6. The summed E-state index contributed by atoms with van der Waals surface area (Å²) in [7, 11) is -3.45. The van der Waals surface area contributed by atoms with Crippen molar-refractivity contribution in [1.29, 1.82) is 0 Å². The Morgan fingerprint density at radius 3 is 2.33 bits per heavy atom. The van der Waals surface area contributed by atoms with Crippen molar-refractivity contribution in [1.82, 2.24) is 0 Å². The molecular formula is C16H13ClN2O3S2. The van der Waals surface area contributed by atoms with Gasteiger partial charge in [-0.05, 0) is 18.2 Å². The molecule has 0 aliphatic heterocycles. The van der Waals surface area contributed by atoms with Crippen LogP contribution in [0.5, 0.6) is 0 Å². The highest BCUT2D eigenvalue weighted by Crippen LogP contribution is 2.36. The summed E-state index contributed by atoms with van der Waals surface area (Å²) in [5.74, 6) is -0.385. The number of amides is 1. The molecule has 0 atom stereocenters. The summed E-state index contributed by atoms with van der Waals surface area (Å²) in [6.45, 7) is 0. The Morgan fingerprint density at radius 2 is 1.67 bits per heavy atom. The molecule has 8 heteroatoms. The second-order valence-corrected chi connectivity index (χ2v) is 8.29. The Kier molecular flexibility index (Phi) is 4.49. The van der Waals surface area contributed by atoms with Crippen LogP contribution < -0.4 is 10.0 Å². The van der Waals surface area contributed by atoms with E-state index in [2.05, 4.69) is 10.0 Å². The molecule has 0 bridgehead atoms. The van der Waals surface area contributed by atoms with Gasteiger partial charge in [-0.3, -0.25) is 9.52 Å². The molecule has 24 heavy (non-hydrogen) atoms. The van der Waals surface area contributed by atoms with E-state index in [-0.39, 0.29) is 5.91 Å². The van der Waals surface area contributed by atoms with Crippen LogP contribution in [0, 0.1) is 0 Å². The fourth-order valence-corrected chi connectivity index (χ4v) is 4.21. The highest BCUT2D eigenvalue weighted by molar-refractivity contribution is 7.92. The van der Waals surface area contributed by atoms with E-state index in [9.17, 15) is 13.2 Å². The first kappa shape index (κ1) is 16.8. The number of thiophene rings is 1. The number of nitrogens with one attached hydrogen (secondary N) is 2. The smallest absolute Gasteiger partial charge is 0.267 e. The van der Waals surface area contributed by atoms with Gasteiger partial charge in [0, 0.05) is 10.1 Å². The van der Waals surface area contributed by atoms with Crippen LogP contribution in [-0.2, 0) is 10.0 Å². The minimum atomic E-state index is -3.45. The SMILES string of the molecule is CS(=O)(=O)Nc1ccccc1NC(=O)c1sc2ccccc2c1Cl. The third-order valence-electron chi connectivity index (χ3n) is 3.21. The molecule has 124 valence electrons. The molecule has 0 unspecified atom stereocenters. The van der Waals surface area contributed by atoms with Crippen LogP contribution in [0.4, 0.5) is 11.4 Å². The molecular weight excluding hydrogens is 368 g/mol. The van der Waals surface area contributed by atoms with Gasteiger partial charge >= 0.3 is 0 Å². The minimum absolute atomic E-state index is 0.297. The van der Waals surface area contributed by atoms with E-state index >= 15 is 0 Å². The van der Waals surface area contributed by atoms with Gasteiger partial charge in [-0.15, -0.1) is 11.3 Å². The number of hydrogen-bond acceptors (Lipinski definition) is 4. The van der Waals surface area contributed by atoms with E-state index in [1.54, 1.807) is 24.3 Å². The predicted octanol–water partition coefficient (Wildman–Crippen LogP) is 4.18. The summed E-state index contributed by atoms with van der Waals surface area (Å²) in [5.41, 5.74) is 0.659. The molecule has 1 aromatic heterocycles. The number of benzene rings is 2. The summed E-state index contributed by atoms with van der Waals surface area (Å²) >= 11 is 7.59. The van der Waals surface area contributed by atoms with Crippen LogP contribution in [0.2, 0.25) is 5.02 Å². The first-order valence-electron chi connectivity index (χ1n) is 6.90. The quantitative estimate of drug-likeness (QED) is 0.713. The van der Waals surface area contributed by atoms with Crippen LogP contribution in [0.1, 0.15) is 9.67 Å². The topological polar surface area (TPSA) is 75.3 Å². The second-order valence-electron chi connectivity index (χ2n) is 5.12. The van der Waals surface area contributed by atoms with E-state index in [0.29, 0.717) is 21.3 Å². The van der Waals surface area contributed by atoms with Crippen molar-refractivity contribution >= 4 is 60.3 Å². The van der Waals surface area contributed by atoms with Gasteiger partial charge < -0.3 is 5.32 Å². The summed E-state index contributed by atoms with van der Waals surface area (Å²) in [6, 6.07) is 14.0. The Morgan fingerprint density at radius 1 is 1.04 bits per heavy atom. The van der Waals surface area contributed by atoms with E-state index in [4.69, 9.17) is 11.6 Å². The Hall–Kier alpha value is -2.09. The molecule has 0 fully saturated rings. The molecule has 3 aromatic rings. The summed E-state index contributed by atoms with van der Waals surface area (Å²) in [6.07, 6.45) is 1.05. The lowest BCUT2D eigenvalue weighted by molar-refractivity contribution is 0.103. The summed E-state index contributed by atoms with van der Waals surface area (Å²) in [4.78, 5) is 12.9. The number of fused-ring (bicyclic) bond motifs is 1. The third kappa shape index (κ3) is 3.53. The average Bonchev–Trinajstić information content (AvgIpc) is 2.85. The summed E-state index contributed by atoms with van der Waals surface area (Å²) in [5, 5.41) is 3.92. The third-order valence-corrected chi connectivity index (χ3v) is 5.48. The van der Waals surface area contributed by atoms with Crippen LogP contribution in [-0.4, -0.2) is 20.6 Å². The largest absolute Gasteiger partial charge is 0.319 e. The van der Waals surface area contributed by atoms with Gasteiger partial charge in [0.1, 0.15) is 4.88 Å². The van der Waals surface area contributed by atoms with Crippen LogP contribution >= 0.6 is 22.9 Å². The number of anilines is 2. The van der Waals surface area contributed by atoms with Crippen molar-refractivity contribution in [3.05, 3.63) is 58.4 Å².